The molecule has 0 fully saturated rings. The minimum absolute atomic E-state index is 0. The van der Waals surface area contributed by atoms with E-state index in [1.54, 1.807) is 11.3 Å². The van der Waals surface area contributed by atoms with E-state index in [-0.39, 0.29) is 17.0 Å². The first-order valence-corrected chi connectivity index (χ1v) is 7.13. The number of para-hydroxylation sites is 1. The second-order valence-corrected chi connectivity index (χ2v) is 5.80. The highest BCUT2D eigenvalue weighted by Gasteiger charge is 2.09. The monoisotopic (exact) mass is 363 g/mol. The Bertz CT molecular complexity index is 880. The van der Waals surface area contributed by atoms with Gasteiger partial charge in [0, 0.05) is 16.8 Å². The molecule has 0 amide bonds. The van der Waals surface area contributed by atoms with Crippen LogP contribution in [0.4, 0.5) is 0 Å². The standard InChI is InChI=1S/C15H9ClN2S.BrH/c16-11-7-5-10(6-8-11)12-9-18-13-3-1-2-4-14(13)19-15(18)17-12;/h1-9H;1H/p-1. The molecule has 0 aliphatic carbocycles. The second-order valence-electron chi connectivity index (χ2n) is 4.36. The van der Waals surface area contributed by atoms with Crippen LogP contribution in [0.5, 0.6) is 0 Å². The van der Waals surface area contributed by atoms with Gasteiger partial charge in [-0.05, 0) is 24.3 Å². The molecule has 20 heavy (non-hydrogen) atoms. The van der Waals surface area contributed by atoms with Gasteiger partial charge in [-0.2, -0.15) is 0 Å². The molecule has 0 saturated heterocycles. The maximum atomic E-state index is 5.91. The lowest BCUT2D eigenvalue weighted by Gasteiger charge is -1.95. The quantitative estimate of drug-likeness (QED) is 0.504. The van der Waals surface area contributed by atoms with Crippen LogP contribution in [0.1, 0.15) is 0 Å². The van der Waals surface area contributed by atoms with Crippen molar-refractivity contribution in [3.05, 3.63) is 59.8 Å². The lowest BCUT2D eigenvalue weighted by atomic mass is 10.2. The lowest BCUT2D eigenvalue weighted by molar-refractivity contribution is -0.00000355. The highest BCUT2D eigenvalue weighted by molar-refractivity contribution is 7.23. The zero-order valence-corrected chi connectivity index (χ0v) is 13.4. The van der Waals surface area contributed by atoms with Crippen LogP contribution in [0.2, 0.25) is 5.02 Å². The summed E-state index contributed by atoms with van der Waals surface area (Å²) in [6.45, 7) is 0. The van der Waals surface area contributed by atoms with E-state index in [0.29, 0.717) is 0 Å². The SMILES string of the molecule is Clc1ccc(-c2cn3c(n2)sc2ccccc23)cc1.[Br-]. The fraction of sp³-hybridized carbons (Fsp3) is 0. The van der Waals surface area contributed by atoms with E-state index < -0.39 is 0 Å². The van der Waals surface area contributed by atoms with Gasteiger partial charge in [-0.15, -0.1) is 0 Å². The smallest absolute Gasteiger partial charge is 0.195 e. The molecule has 2 nitrogen and oxygen atoms in total. The van der Waals surface area contributed by atoms with Crippen LogP contribution >= 0.6 is 22.9 Å². The van der Waals surface area contributed by atoms with Gasteiger partial charge in [0.1, 0.15) is 0 Å². The van der Waals surface area contributed by atoms with Crippen LogP contribution in [0.3, 0.4) is 0 Å². The van der Waals surface area contributed by atoms with E-state index in [1.165, 1.54) is 10.2 Å². The predicted molar refractivity (Wildman–Crippen MR) is 81.0 cm³/mol. The molecule has 0 N–H and O–H groups in total. The summed E-state index contributed by atoms with van der Waals surface area (Å²) < 4.78 is 3.40. The van der Waals surface area contributed by atoms with Crippen molar-refractivity contribution in [2.24, 2.45) is 0 Å². The van der Waals surface area contributed by atoms with E-state index in [1.807, 2.05) is 24.3 Å². The molecule has 0 radical (unpaired) electrons. The summed E-state index contributed by atoms with van der Waals surface area (Å²) in [6.07, 6.45) is 2.08. The number of imidazole rings is 1. The average molecular weight is 365 g/mol. The number of hydrogen-bond donors (Lipinski definition) is 0. The molecule has 2 heterocycles. The molecular weight excluding hydrogens is 356 g/mol. The van der Waals surface area contributed by atoms with Crippen molar-refractivity contribution < 1.29 is 17.0 Å². The van der Waals surface area contributed by atoms with Gasteiger partial charge < -0.3 is 17.0 Å². The van der Waals surface area contributed by atoms with E-state index in [4.69, 9.17) is 11.6 Å². The highest BCUT2D eigenvalue weighted by Crippen LogP contribution is 2.29. The van der Waals surface area contributed by atoms with Crippen LogP contribution in [0.15, 0.2) is 54.7 Å². The minimum atomic E-state index is 0. The van der Waals surface area contributed by atoms with Gasteiger partial charge in [0.05, 0.1) is 15.9 Å². The summed E-state index contributed by atoms with van der Waals surface area (Å²) >= 11 is 7.62. The Hall–Kier alpha value is -1.36. The summed E-state index contributed by atoms with van der Waals surface area (Å²) in [5.41, 5.74) is 3.27. The molecule has 0 aliphatic heterocycles. The van der Waals surface area contributed by atoms with Gasteiger partial charge in [-0.1, -0.05) is 47.2 Å². The molecule has 2 aromatic carbocycles. The van der Waals surface area contributed by atoms with Crippen molar-refractivity contribution in [2.45, 2.75) is 0 Å². The van der Waals surface area contributed by atoms with Crippen LogP contribution in [0, 0.1) is 0 Å². The van der Waals surface area contributed by atoms with Crippen molar-refractivity contribution in [3.8, 4) is 11.3 Å². The predicted octanol–water partition coefficient (Wildman–Crippen LogP) is 1.87. The van der Waals surface area contributed by atoms with Crippen LogP contribution in [-0.2, 0) is 0 Å². The van der Waals surface area contributed by atoms with Crippen molar-refractivity contribution in [3.63, 3.8) is 0 Å². The fourth-order valence-electron chi connectivity index (χ4n) is 2.21. The third-order valence-electron chi connectivity index (χ3n) is 3.14. The molecule has 0 bridgehead atoms. The largest absolute Gasteiger partial charge is 1.00 e. The zero-order valence-electron chi connectivity index (χ0n) is 10.3. The Morgan fingerprint density at radius 1 is 1.00 bits per heavy atom. The van der Waals surface area contributed by atoms with Crippen molar-refractivity contribution in [1.82, 2.24) is 9.38 Å². The third-order valence-corrected chi connectivity index (χ3v) is 4.43. The molecule has 5 heteroatoms. The van der Waals surface area contributed by atoms with Crippen LogP contribution in [0.25, 0.3) is 26.4 Å². The molecule has 4 aromatic rings. The highest BCUT2D eigenvalue weighted by atomic mass is 79.9. The molecule has 0 atom stereocenters. The molecular formula is C15H9BrClN2S-. The Morgan fingerprint density at radius 3 is 2.55 bits per heavy atom. The Kier molecular flexibility index (Phi) is 3.54. The van der Waals surface area contributed by atoms with E-state index in [2.05, 4.69) is 39.8 Å². The lowest BCUT2D eigenvalue weighted by Crippen LogP contribution is -3.00. The molecule has 2 aromatic heterocycles. The summed E-state index contributed by atoms with van der Waals surface area (Å²) in [5.74, 6) is 0. The van der Waals surface area contributed by atoms with E-state index in [0.717, 1.165) is 21.2 Å². The van der Waals surface area contributed by atoms with Crippen LogP contribution in [-0.4, -0.2) is 9.38 Å². The topological polar surface area (TPSA) is 17.3 Å². The van der Waals surface area contributed by atoms with E-state index >= 15 is 0 Å². The Balaban J connectivity index is 0.00000121. The first-order valence-electron chi connectivity index (χ1n) is 5.94. The first-order chi connectivity index (χ1) is 9.31. The van der Waals surface area contributed by atoms with Crippen molar-refractivity contribution in [2.75, 3.05) is 0 Å². The van der Waals surface area contributed by atoms with Gasteiger partial charge in [-0.3, -0.25) is 4.40 Å². The number of fused-ring (bicyclic) bond motifs is 3. The normalized spacial score (nSPS) is 10.8. The van der Waals surface area contributed by atoms with Gasteiger partial charge in [0.25, 0.3) is 0 Å². The summed E-state index contributed by atoms with van der Waals surface area (Å²) in [7, 11) is 0. The van der Waals surface area contributed by atoms with Crippen molar-refractivity contribution >= 4 is 38.1 Å². The molecule has 0 saturated carbocycles. The van der Waals surface area contributed by atoms with E-state index in [9.17, 15) is 0 Å². The summed E-state index contributed by atoms with van der Waals surface area (Å²) in [6, 6.07) is 16.1. The summed E-state index contributed by atoms with van der Waals surface area (Å²) in [4.78, 5) is 5.71. The number of rotatable bonds is 1. The third kappa shape index (κ3) is 2.14. The molecule has 100 valence electrons. The molecule has 0 aliphatic rings. The number of aromatic nitrogens is 2. The molecule has 0 unspecified atom stereocenters. The number of halogens is 2. The van der Waals surface area contributed by atoms with Gasteiger partial charge in [-0.25, -0.2) is 4.98 Å². The fourth-order valence-corrected chi connectivity index (χ4v) is 3.34. The van der Waals surface area contributed by atoms with Crippen LogP contribution < -0.4 is 17.0 Å². The first kappa shape index (κ1) is 13.6. The average Bonchev–Trinajstić information content (AvgIpc) is 2.97. The number of benzene rings is 2. The minimum Gasteiger partial charge on any atom is -1.00 e. The van der Waals surface area contributed by atoms with Gasteiger partial charge >= 0.3 is 0 Å². The van der Waals surface area contributed by atoms with Gasteiger partial charge in [0.15, 0.2) is 4.96 Å². The number of nitrogens with zero attached hydrogens (tertiary/aromatic N) is 2. The molecule has 4 rings (SSSR count). The maximum Gasteiger partial charge on any atom is 0.195 e. The second kappa shape index (κ2) is 5.20. The Morgan fingerprint density at radius 2 is 1.75 bits per heavy atom. The van der Waals surface area contributed by atoms with Crippen molar-refractivity contribution in [1.29, 1.82) is 0 Å². The number of hydrogen-bond acceptors (Lipinski definition) is 2. The Labute approximate surface area is 135 Å². The number of thiazole rings is 1. The molecule has 0 spiro atoms. The zero-order chi connectivity index (χ0) is 12.8. The van der Waals surface area contributed by atoms with Gasteiger partial charge in [0.2, 0.25) is 0 Å². The maximum absolute atomic E-state index is 5.91. The summed E-state index contributed by atoms with van der Waals surface area (Å²) in [5, 5.41) is 0.746.